The molecule has 1 rings (SSSR count). The summed E-state index contributed by atoms with van der Waals surface area (Å²) in [4.78, 5) is 12.4. The molecule has 1 heterocycles. The SMILES string of the molecule is CC1CN(C)C(C)C/C1=N/NC=O. The van der Waals surface area contributed by atoms with Gasteiger partial charge in [0.1, 0.15) is 0 Å². The predicted molar refractivity (Wildman–Crippen MR) is 52.5 cm³/mol. The Morgan fingerprint density at radius 2 is 2.31 bits per heavy atom. The Hall–Kier alpha value is -0.900. The number of nitrogens with zero attached hydrogens (tertiary/aromatic N) is 2. The second-order valence-corrected chi connectivity index (χ2v) is 3.74. The lowest BCUT2D eigenvalue weighted by Crippen LogP contribution is -2.43. The van der Waals surface area contributed by atoms with Crippen molar-refractivity contribution in [1.29, 1.82) is 0 Å². The Morgan fingerprint density at radius 3 is 2.92 bits per heavy atom. The average Bonchev–Trinajstić information content (AvgIpc) is 2.09. The van der Waals surface area contributed by atoms with Gasteiger partial charge in [0.25, 0.3) is 0 Å². The molecule has 1 N–H and O–H groups in total. The van der Waals surface area contributed by atoms with Crippen molar-refractivity contribution in [2.75, 3.05) is 13.6 Å². The van der Waals surface area contributed by atoms with Crippen molar-refractivity contribution in [2.45, 2.75) is 26.3 Å². The summed E-state index contributed by atoms with van der Waals surface area (Å²) in [5.41, 5.74) is 3.47. The zero-order chi connectivity index (χ0) is 9.84. The highest BCUT2D eigenvalue weighted by Crippen LogP contribution is 2.17. The van der Waals surface area contributed by atoms with Crippen LogP contribution in [0.4, 0.5) is 0 Å². The van der Waals surface area contributed by atoms with Gasteiger partial charge in [0.15, 0.2) is 0 Å². The van der Waals surface area contributed by atoms with E-state index in [2.05, 4.69) is 36.3 Å². The quantitative estimate of drug-likeness (QED) is 0.499. The second kappa shape index (κ2) is 4.37. The normalized spacial score (nSPS) is 33.3. The van der Waals surface area contributed by atoms with Gasteiger partial charge in [-0.05, 0) is 14.0 Å². The maximum absolute atomic E-state index is 10.1. The van der Waals surface area contributed by atoms with Crippen LogP contribution in [0.3, 0.4) is 0 Å². The van der Waals surface area contributed by atoms with Crippen LogP contribution in [0, 0.1) is 5.92 Å². The van der Waals surface area contributed by atoms with E-state index < -0.39 is 0 Å². The highest BCUT2D eigenvalue weighted by atomic mass is 16.1. The number of hydrazone groups is 1. The van der Waals surface area contributed by atoms with Crippen LogP contribution in [-0.4, -0.2) is 36.7 Å². The molecule has 1 aliphatic rings. The Labute approximate surface area is 79.0 Å². The van der Waals surface area contributed by atoms with Crippen LogP contribution in [0.15, 0.2) is 5.10 Å². The molecule has 0 aliphatic carbocycles. The fourth-order valence-electron chi connectivity index (χ4n) is 1.64. The van der Waals surface area contributed by atoms with Gasteiger partial charge < -0.3 is 4.90 Å². The fourth-order valence-corrected chi connectivity index (χ4v) is 1.64. The number of piperidine rings is 1. The van der Waals surface area contributed by atoms with E-state index in [1.807, 2.05) is 0 Å². The highest BCUT2D eigenvalue weighted by Gasteiger charge is 2.24. The molecule has 0 radical (unpaired) electrons. The summed E-state index contributed by atoms with van der Waals surface area (Å²) in [7, 11) is 2.12. The van der Waals surface area contributed by atoms with Crippen LogP contribution in [0.5, 0.6) is 0 Å². The minimum atomic E-state index is 0.439. The van der Waals surface area contributed by atoms with E-state index in [4.69, 9.17) is 0 Å². The maximum Gasteiger partial charge on any atom is 0.227 e. The Balaban J connectivity index is 2.60. The van der Waals surface area contributed by atoms with E-state index in [0.29, 0.717) is 18.4 Å². The monoisotopic (exact) mass is 183 g/mol. The summed E-state index contributed by atoms with van der Waals surface area (Å²) >= 11 is 0. The van der Waals surface area contributed by atoms with E-state index in [-0.39, 0.29) is 0 Å². The van der Waals surface area contributed by atoms with E-state index >= 15 is 0 Å². The van der Waals surface area contributed by atoms with Crippen molar-refractivity contribution < 1.29 is 4.79 Å². The van der Waals surface area contributed by atoms with Crippen LogP contribution < -0.4 is 5.43 Å². The molecule has 0 spiro atoms. The molecule has 0 aromatic carbocycles. The smallest absolute Gasteiger partial charge is 0.227 e. The molecule has 0 aromatic rings. The molecule has 1 fully saturated rings. The molecular weight excluding hydrogens is 166 g/mol. The first kappa shape index (κ1) is 10.2. The topological polar surface area (TPSA) is 44.7 Å². The van der Waals surface area contributed by atoms with Crippen molar-refractivity contribution in [3.63, 3.8) is 0 Å². The molecule has 74 valence electrons. The number of carbonyl (C=O) groups is 1. The molecule has 0 bridgehead atoms. The largest absolute Gasteiger partial charge is 0.303 e. The number of carbonyl (C=O) groups excluding carboxylic acids is 1. The van der Waals surface area contributed by atoms with Gasteiger partial charge in [-0.2, -0.15) is 5.10 Å². The van der Waals surface area contributed by atoms with Crippen molar-refractivity contribution in [3.8, 4) is 0 Å². The van der Waals surface area contributed by atoms with Crippen LogP contribution in [0.25, 0.3) is 0 Å². The van der Waals surface area contributed by atoms with Crippen molar-refractivity contribution >= 4 is 12.1 Å². The summed E-state index contributed by atoms with van der Waals surface area (Å²) in [6.45, 7) is 5.32. The zero-order valence-electron chi connectivity index (χ0n) is 8.45. The first-order chi connectivity index (χ1) is 6.15. The second-order valence-electron chi connectivity index (χ2n) is 3.74. The molecule has 1 saturated heterocycles. The predicted octanol–water partition coefficient (Wildman–Crippen LogP) is 0.448. The lowest BCUT2D eigenvalue weighted by molar-refractivity contribution is -0.109. The summed E-state index contributed by atoms with van der Waals surface area (Å²) < 4.78 is 0. The van der Waals surface area contributed by atoms with Crippen LogP contribution in [-0.2, 0) is 4.79 Å². The first-order valence-electron chi connectivity index (χ1n) is 4.61. The van der Waals surface area contributed by atoms with E-state index in [9.17, 15) is 4.79 Å². The number of amides is 1. The van der Waals surface area contributed by atoms with Crippen molar-refractivity contribution in [2.24, 2.45) is 11.0 Å². The van der Waals surface area contributed by atoms with Gasteiger partial charge in [0.2, 0.25) is 6.41 Å². The van der Waals surface area contributed by atoms with E-state index in [0.717, 1.165) is 18.7 Å². The summed E-state index contributed by atoms with van der Waals surface area (Å²) in [6, 6.07) is 0.517. The van der Waals surface area contributed by atoms with Gasteiger partial charge in [-0.1, -0.05) is 6.92 Å². The number of rotatable bonds is 2. The molecule has 4 nitrogen and oxygen atoms in total. The molecule has 1 aliphatic heterocycles. The van der Waals surface area contributed by atoms with Gasteiger partial charge in [-0.25, -0.2) is 5.43 Å². The third-order valence-corrected chi connectivity index (χ3v) is 2.65. The van der Waals surface area contributed by atoms with Gasteiger partial charge in [-0.3, -0.25) is 4.79 Å². The third kappa shape index (κ3) is 2.52. The van der Waals surface area contributed by atoms with Crippen molar-refractivity contribution in [3.05, 3.63) is 0 Å². The number of hydrogen-bond acceptors (Lipinski definition) is 3. The van der Waals surface area contributed by atoms with Gasteiger partial charge in [0, 0.05) is 30.6 Å². The first-order valence-corrected chi connectivity index (χ1v) is 4.61. The Morgan fingerprint density at radius 1 is 1.62 bits per heavy atom. The molecule has 0 aromatic heterocycles. The fraction of sp³-hybridized carbons (Fsp3) is 0.778. The van der Waals surface area contributed by atoms with E-state index in [1.165, 1.54) is 0 Å². The van der Waals surface area contributed by atoms with Gasteiger partial charge in [0.05, 0.1) is 0 Å². The zero-order valence-corrected chi connectivity index (χ0v) is 8.45. The third-order valence-electron chi connectivity index (χ3n) is 2.65. The summed E-state index contributed by atoms with van der Waals surface area (Å²) in [6.07, 6.45) is 1.56. The lowest BCUT2D eigenvalue weighted by atomic mass is 9.93. The lowest BCUT2D eigenvalue weighted by Gasteiger charge is -2.34. The number of likely N-dealkylation sites (tertiary alicyclic amines) is 1. The average molecular weight is 183 g/mol. The van der Waals surface area contributed by atoms with Gasteiger partial charge >= 0.3 is 0 Å². The molecule has 4 heteroatoms. The summed E-state index contributed by atoms with van der Waals surface area (Å²) in [5.74, 6) is 0.439. The molecule has 2 atom stereocenters. The van der Waals surface area contributed by atoms with Crippen molar-refractivity contribution in [1.82, 2.24) is 10.3 Å². The molecule has 1 amide bonds. The van der Waals surface area contributed by atoms with Crippen LogP contribution >= 0.6 is 0 Å². The summed E-state index contributed by atoms with van der Waals surface area (Å²) in [5, 5.41) is 4.04. The van der Waals surface area contributed by atoms with Crippen LogP contribution in [0.2, 0.25) is 0 Å². The van der Waals surface area contributed by atoms with E-state index in [1.54, 1.807) is 0 Å². The Bertz CT molecular complexity index is 215. The van der Waals surface area contributed by atoms with Crippen LogP contribution in [0.1, 0.15) is 20.3 Å². The number of hydrogen-bond donors (Lipinski definition) is 1. The molecule has 13 heavy (non-hydrogen) atoms. The molecule has 2 unspecified atom stereocenters. The highest BCUT2D eigenvalue weighted by molar-refractivity contribution is 5.88. The standard InChI is InChI=1S/C9H17N3O/c1-7-5-12(3)8(2)4-9(7)11-10-6-13/h6-8H,4-5H2,1-3H3,(H,10,13)/b11-9-. The molecule has 0 saturated carbocycles. The minimum absolute atomic E-state index is 0.439. The molecular formula is C9H17N3O. The maximum atomic E-state index is 10.1. The van der Waals surface area contributed by atoms with Gasteiger partial charge in [-0.15, -0.1) is 0 Å². The number of nitrogens with one attached hydrogen (secondary N) is 1. The Kier molecular flexibility index (Phi) is 3.42. The minimum Gasteiger partial charge on any atom is -0.303 e.